The van der Waals surface area contributed by atoms with E-state index in [1.165, 1.54) is 12.1 Å². The van der Waals surface area contributed by atoms with Crippen molar-refractivity contribution in [1.29, 1.82) is 0 Å². The third kappa shape index (κ3) is 8.31. The number of hydrogen-bond donors (Lipinski definition) is 1. The summed E-state index contributed by atoms with van der Waals surface area (Å²) >= 11 is 0. The first kappa shape index (κ1) is 39.8. The average Bonchev–Trinajstić information content (AvgIpc) is 3.96. The maximum Gasteiger partial charge on any atom is 0.270 e. The van der Waals surface area contributed by atoms with Crippen molar-refractivity contribution >= 4 is 52.0 Å². The number of nitrogens with zero attached hydrogens (tertiary/aromatic N) is 8. The number of pyridine rings is 1. The van der Waals surface area contributed by atoms with Crippen LogP contribution in [0.25, 0.3) is 11.0 Å². The lowest BCUT2D eigenvalue weighted by molar-refractivity contribution is -0.136. The number of carbonyl (C=O) groups excluding carboxylic acids is 6. The lowest BCUT2D eigenvalue weighted by atomic mass is 10.0. The quantitative estimate of drug-likeness (QED) is 0.145. The molecule has 1 aromatic carbocycles. The van der Waals surface area contributed by atoms with Gasteiger partial charge < -0.3 is 19.1 Å². The van der Waals surface area contributed by atoms with Crippen LogP contribution in [0.3, 0.4) is 0 Å². The first-order valence-electron chi connectivity index (χ1n) is 20.6. The fraction of sp³-hybridized carbons (Fsp3) is 0.465. The van der Waals surface area contributed by atoms with Gasteiger partial charge in [-0.1, -0.05) is 18.9 Å². The number of ketones is 1. The highest BCUT2D eigenvalue weighted by atomic mass is 16.5. The lowest BCUT2D eigenvalue weighted by Crippen LogP contribution is -2.54. The number of amides is 5. The van der Waals surface area contributed by atoms with Crippen molar-refractivity contribution < 1.29 is 33.5 Å². The van der Waals surface area contributed by atoms with Gasteiger partial charge in [0.05, 0.1) is 29.4 Å². The fourth-order valence-electron chi connectivity index (χ4n) is 8.65. The van der Waals surface area contributed by atoms with Gasteiger partial charge in [-0.25, -0.2) is 9.97 Å². The first-order valence-corrected chi connectivity index (χ1v) is 20.6. The molecule has 6 heterocycles. The van der Waals surface area contributed by atoms with Crippen LogP contribution in [0.4, 0.5) is 5.69 Å². The van der Waals surface area contributed by atoms with Crippen LogP contribution >= 0.6 is 0 Å². The Morgan fingerprint density at radius 2 is 1.71 bits per heavy atom. The Morgan fingerprint density at radius 1 is 0.915 bits per heavy atom. The monoisotopic (exact) mass is 803 g/mol. The lowest BCUT2D eigenvalue weighted by Gasteiger charge is -2.36. The zero-order valence-corrected chi connectivity index (χ0v) is 33.5. The highest BCUT2D eigenvalue weighted by Gasteiger charge is 2.46. The number of piperazine rings is 1. The fourth-order valence-corrected chi connectivity index (χ4v) is 8.65. The predicted octanol–water partition coefficient (Wildman–Crippen LogP) is 3.58. The molecule has 16 nitrogen and oxygen atoms in total. The largest absolute Gasteiger partial charge is 0.485 e. The van der Waals surface area contributed by atoms with Gasteiger partial charge in [0, 0.05) is 76.4 Å². The minimum Gasteiger partial charge on any atom is -0.485 e. The van der Waals surface area contributed by atoms with Crippen LogP contribution in [0, 0.1) is 0 Å². The summed E-state index contributed by atoms with van der Waals surface area (Å²) in [7, 11) is 3.55. The van der Waals surface area contributed by atoms with Crippen molar-refractivity contribution in [2.75, 3.05) is 58.3 Å². The number of benzene rings is 1. The summed E-state index contributed by atoms with van der Waals surface area (Å²) in [5.74, 6) is -1.76. The number of rotatable bonds is 14. The van der Waals surface area contributed by atoms with Gasteiger partial charge in [-0.3, -0.25) is 48.9 Å². The zero-order valence-electron chi connectivity index (χ0n) is 33.5. The Balaban J connectivity index is 0.775. The number of piperidine rings is 1. The van der Waals surface area contributed by atoms with Crippen LogP contribution in [0.15, 0.2) is 48.8 Å². The number of hydrogen-bond acceptors (Lipinski definition) is 12. The van der Waals surface area contributed by atoms with Gasteiger partial charge in [0.25, 0.3) is 17.7 Å². The molecular weight excluding hydrogens is 755 g/mol. The molecule has 4 aromatic rings. The minimum atomic E-state index is -1.08. The van der Waals surface area contributed by atoms with Crippen molar-refractivity contribution in [1.82, 2.24) is 39.5 Å². The smallest absolute Gasteiger partial charge is 0.270 e. The van der Waals surface area contributed by atoms with E-state index in [9.17, 15) is 28.8 Å². The molecule has 8 rings (SSSR count). The molecule has 0 spiro atoms. The number of unbranched alkanes of at least 4 members (excludes halogenated alkanes) is 1. The Morgan fingerprint density at radius 3 is 2.44 bits per heavy atom. The summed E-state index contributed by atoms with van der Waals surface area (Å²) < 4.78 is 7.89. The number of fused-ring (bicyclic) bond motifs is 2. The van der Waals surface area contributed by atoms with Crippen molar-refractivity contribution in [3.05, 3.63) is 77.1 Å². The average molecular weight is 804 g/mol. The second-order valence-corrected chi connectivity index (χ2v) is 16.0. The molecular formula is C43H49N9O7. The second-order valence-electron chi connectivity index (χ2n) is 16.0. The van der Waals surface area contributed by atoms with Crippen molar-refractivity contribution in [3.63, 3.8) is 0 Å². The van der Waals surface area contributed by atoms with Crippen LogP contribution in [0.1, 0.15) is 107 Å². The van der Waals surface area contributed by atoms with Gasteiger partial charge in [0.15, 0.2) is 5.78 Å². The Kier molecular flexibility index (Phi) is 11.5. The maximum atomic E-state index is 13.3. The molecule has 59 heavy (non-hydrogen) atoms. The number of Topliss-reactive ketones (excluding diaryl/α,β-unsaturated/α-hetero) is 1. The predicted molar refractivity (Wildman–Crippen MR) is 216 cm³/mol. The van der Waals surface area contributed by atoms with Gasteiger partial charge in [-0.05, 0) is 69.0 Å². The molecule has 1 atom stereocenters. The Hall–Kier alpha value is -6.03. The van der Waals surface area contributed by atoms with Crippen LogP contribution in [0.2, 0.25) is 0 Å². The Bertz CT molecular complexity index is 2290. The van der Waals surface area contributed by atoms with Crippen LogP contribution in [-0.4, -0.2) is 129 Å². The van der Waals surface area contributed by atoms with Gasteiger partial charge in [-0.2, -0.15) is 0 Å². The van der Waals surface area contributed by atoms with Crippen LogP contribution < -0.4 is 15.0 Å². The highest BCUT2D eigenvalue weighted by molar-refractivity contribution is 6.24. The SMILES string of the molecule is CN(C)C(=O)c1cc2cnc(Cc3ccc(N4CCN(CCCCC(=O)COc5cccc6c5C(=O)N(C5CCC(=O)NC5=O)C6=O)CC4)cn3)nc2n1C1CCCC1. The first-order chi connectivity index (χ1) is 28.5. The second kappa shape index (κ2) is 17.1. The van der Waals surface area contributed by atoms with E-state index in [2.05, 4.69) is 30.7 Å². The minimum absolute atomic E-state index is 0.0250. The number of anilines is 1. The van der Waals surface area contributed by atoms with Crippen LogP contribution in [0.5, 0.6) is 5.75 Å². The summed E-state index contributed by atoms with van der Waals surface area (Å²) in [6.07, 6.45) is 10.6. The molecule has 4 aliphatic rings. The molecule has 2 saturated heterocycles. The summed E-state index contributed by atoms with van der Waals surface area (Å²) in [6, 6.07) is 9.84. The topological polar surface area (TPSA) is 180 Å². The van der Waals surface area contributed by atoms with E-state index in [4.69, 9.17) is 14.7 Å². The standard InChI is InChI=1S/C43H49N9O7/c1-48(2)42(57)34-22-27-24-45-36(46-39(27)51(34)29-8-3-4-9-29)23-28-13-14-30(25-44-28)50-20-18-49(19-21-50)17-6-5-10-31(53)26-59-35-12-7-11-32-38(35)43(58)52(41(32)56)33-15-16-37(54)47-40(33)55/h7,11-14,22,24-25,29,33H,3-6,8-10,15-21,23,26H2,1-2H3,(H,47,54,55). The number of nitrogens with one attached hydrogen (secondary N) is 1. The van der Waals surface area contributed by atoms with Crippen molar-refractivity contribution in [2.24, 2.45) is 0 Å². The number of carbonyl (C=O) groups is 6. The third-order valence-electron chi connectivity index (χ3n) is 11.8. The number of imide groups is 2. The van der Waals surface area contributed by atoms with Crippen molar-refractivity contribution in [2.45, 2.75) is 76.3 Å². The summed E-state index contributed by atoms with van der Waals surface area (Å²) in [6.45, 7) is 4.16. The molecule has 1 aliphatic carbocycles. The van der Waals surface area contributed by atoms with Gasteiger partial charge >= 0.3 is 0 Å². The summed E-state index contributed by atoms with van der Waals surface area (Å²) in [5, 5.41) is 3.06. The summed E-state index contributed by atoms with van der Waals surface area (Å²) in [4.78, 5) is 97.8. The molecule has 3 aliphatic heterocycles. The van der Waals surface area contributed by atoms with E-state index >= 15 is 0 Å². The van der Waals surface area contributed by atoms with Gasteiger partial charge in [0.1, 0.15) is 35.6 Å². The van der Waals surface area contributed by atoms with Crippen molar-refractivity contribution in [3.8, 4) is 5.75 Å². The van der Waals surface area contributed by atoms with E-state index < -0.39 is 29.7 Å². The number of ether oxygens (including phenoxy) is 1. The molecule has 3 aromatic heterocycles. The Labute approximate surface area is 341 Å². The maximum absolute atomic E-state index is 13.3. The molecule has 1 saturated carbocycles. The zero-order chi connectivity index (χ0) is 41.2. The van der Waals surface area contributed by atoms with E-state index in [1.807, 2.05) is 24.5 Å². The van der Waals surface area contributed by atoms with E-state index in [1.54, 1.807) is 25.1 Å². The van der Waals surface area contributed by atoms with E-state index in [0.29, 0.717) is 30.8 Å². The van der Waals surface area contributed by atoms with Gasteiger partial charge in [0.2, 0.25) is 11.8 Å². The molecule has 0 radical (unpaired) electrons. The highest BCUT2D eigenvalue weighted by Crippen LogP contribution is 2.36. The van der Waals surface area contributed by atoms with Crippen LogP contribution in [-0.2, 0) is 20.8 Å². The number of aromatic nitrogens is 4. The molecule has 1 N–H and O–H groups in total. The van der Waals surface area contributed by atoms with E-state index in [0.717, 1.165) is 92.1 Å². The third-order valence-corrected chi connectivity index (χ3v) is 11.8. The summed E-state index contributed by atoms with van der Waals surface area (Å²) in [5.41, 5.74) is 3.56. The molecule has 1 unspecified atom stereocenters. The molecule has 3 fully saturated rings. The molecule has 308 valence electrons. The molecule has 0 bridgehead atoms. The van der Waals surface area contributed by atoms with E-state index in [-0.39, 0.29) is 54.1 Å². The molecule has 5 amide bonds. The molecule has 16 heteroatoms. The normalized spacial score (nSPS) is 18.8. The van der Waals surface area contributed by atoms with Gasteiger partial charge in [-0.15, -0.1) is 0 Å².